The zero-order valence-corrected chi connectivity index (χ0v) is 11.0. The number of hydrogen-bond donors (Lipinski definition) is 1. The van der Waals surface area contributed by atoms with Crippen molar-refractivity contribution in [2.75, 3.05) is 6.26 Å². The Morgan fingerprint density at radius 3 is 2.67 bits per heavy atom. The average Bonchev–Trinajstić information content (AvgIpc) is 3.15. The van der Waals surface area contributed by atoms with Crippen molar-refractivity contribution in [1.29, 1.82) is 0 Å². The number of benzene rings is 1. The van der Waals surface area contributed by atoms with E-state index in [9.17, 15) is 0 Å². The number of thioether (sulfide) groups is 1. The molecule has 4 nitrogen and oxygen atoms in total. The lowest BCUT2D eigenvalue weighted by Crippen LogP contribution is -2.13. The van der Waals surface area contributed by atoms with Crippen molar-refractivity contribution in [3.05, 3.63) is 30.1 Å². The minimum Gasteiger partial charge on any atom is -0.334 e. The Bertz CT molecular complexity index is 533. The minimum absolute atomic E-state index is 0.0760. The molecular weight excluding hydrogens is 246 g/mol. The Morgan fingerprint density at radius 2 is 2.06 bits per heavy atom. The minimum atomic E-state index is -0.0760. The van der Waals surface area contributed by atoms with Gasteiger partial charge in [-0.15, -0.1) is 11.8 Å². The summed E-state index contributed by atoms with van der Waals surface area (Å²) in [6.07, 6.45) is 4.40. The van der Waals surface area contributed by atoms with Gasteiger partial charge in [0.1, 0.15) is 0 Å². The van der Waals surface area contributed by atoms with E-state index < -0.39 is 0 Å². The van der Waals surface area contributed by atoms with Gasteiger partial charge in [0.15, 0.2) is 5.82 Å². The molecule has 18 heavy (non-hydrogen) atoms. The lowest BCUT2D eigenvalue weighted by Gasteiger charge is -2.01. The van der Waals surface area contributed by atoms with Crippen LogP contribution in [0.25, 0.3) is 11.5 Å². The second-order valence-corrected chi connectivity index (χ2v) is 5.43. The van der Waals surface area contributed by atoms with Crippen LogP contribution >= 0.6 is 11.8 Å². The van der Waals surface area contributed by atoms with Gasteiger partial charge in [-0.25, -0.2) is 0 Å². The van der Waals surface area contributed by atoms with Gasteiger partial charge >= 0.3 is 0 Å². The highest BCUT2D eigenvalue weighted by Gasteiger charge is 2.32. The van der Waals surface area contributed by atoms with E-state index >= 15 is 0 Å². The molecule has 0 spiro atoms. The van der Waals surface area contributed by atoms with Gasteiger partial charge in [-0.3, -0.25) is 0 Å². The summed E-state index contributed by atoms with van der Waals surface area (Å²) in [4.78, 5) is 5.60. The Labute approximate surface area is 110 Å². The molecule has 1 fully saturated rings. The van der Waals surface area contributed by atoms with Crippen molar-refractivity contribution in [2.24, 2.45) is 11.7 Å². The SMILES string of the molecule is CSc1ccc(-c2nc(C(N)C3CC3)no2)cc1. The van der Waals surface area contributed by atoms with Crippen LogP contribution in [-0.4, -0.2) is 16.4 Å². The molecule has 1 saturated carbocycles. The first kappa shape index (κ1) is 11.7. The average molecular weight is 261 g/mol. The summed E-state index contributed by atoms with van der Waals surface area (Å²) in [5.74, 6) is 1.71. The predicted octanol–water partition coefficient (Wildman–Crippen LogP) is 2.87. The molecule has 2 N–H and O–H groups in total. The van der Waals surface area contributed by atoms with E-state index in [1.165, 1.54) is 17.7 Å². The summed E-state index contributed by atoms with van der Waals surface area (Å²) < 4.78 is 5.28. The summed E-state index contributed by atoms with van der Waals surface area (Å²) in [5.41, 5.74) is 6.99. The van der Waals surface area contributed by atoms with Crippen LogP contribution in [0.2, 0.25) is 0 Å². The molecule has 1 aliphatic rings. The molecule has 1 unspecified atom stereocenters. The van der Waals surface area contributed by atoms with E-state index in [-0.39, 0.29) is 6.04 Å². The fraction of sp³-hybridized carbons (Fsp3) is 0.385. The normalized spacial score (nSPS) is 16.8. The lowest BCUT2D eigenvalue weighted by atomic mass is 10.2. The smallest absolute Gasteiger partial charge is 0.257 e. The third-order valence-electron chi connectivity index (χ3n) is 3.21. The van der Waals surface area contributed by atoms with Gasteiger partial charge in [0, 0.05) is 10.5 Å². The van der Waals surface area contributed by atoms with Crippen LogP contribution in [0.1, 0.15) is 24.7 Å². The highest BCUT2D eigenvalue weighted by Crippen LogP contribution is 2.38. The fourth-order valence-corrected chi connectivity index (χ4v) is 2.30. The molecular formula is C13H15N3OS. The molecule has 1 aromatic heterocycles. The Kier molecular flexibility index (Phi) is 3.09. The molecule has 0 radical (unpaired) electrons. The second-order valence-electron chi connectivity index (χ2n) is 4.55. The van der Waals surface area contributed by atoms with Gasteiger partial charge in [-0.2, -0.15) is 4.98 Å². The molecule has 94 valence electrons. The number of aromatic nitrogens is 2. The van der Waals surface area contributed by atoms with E-state index in [2.05, 4.69) is 16.4 Å². The van der Waals surface area contributed by atoms with Gasteiger partial charge in [0.05, 0.1) is 6.04 Å². The van der Waals surface area contributed by atoms with Crippen LogP contribution in [-0.2, 0) is 0 Å². The van der Waals surface area contributed by atoms with Crippen molar-refractivity contribution >= 4 is 11.8 Å². The third-order valence-corrected chi connectivity index (χ3v) is 3.95. The van der Waals surface area contributed by atoms with Gasteiger partial charge in [0.2, 0.25) is 0 Å². The number of nitrogens with zero attached hydrogens (tertiary/aromatic N) is 2. The number of nitrogens with two attached hydrogens (primary N) is 1. The highest BCUT2D eigenvalue weighted by atomic mass is 32.2. The summed E-state index contributed by atoms with van der Waals surface area (Å²) in [7, 11) is 0. The summed E-state index contributed by atoms with van der Waals surface area (Å²) in [6.45, 7) is 0. The zero-order valence-electron chi connectivity index (χ0n) is 10.2. The maximum Gasteiger partial charge on any atom is 0.257 e. The zero-order chi connectivity index (χ0) is 12.5. The number of hydrogen-bond acceptors (Lipinski definition) is 5. The van der Waals surface area contributed by atoms with Crippen molar-refractivity contribution in [3.63, 3.8) is 0 Å². The monoisotopic (exact) mass is 261 g/mol. The lowest BCUT2D eigenvalue weighted by molar-refractivity contribution is 0.411. The first-order chi connectivity index (χ1) is 8.78. The van der Waals surface area contributed by atoms with Gasteiger partial charge in [0.25, 0.3) is 5.89 Å². The van der Waals surface area contributed by atoms with Crippen LogP contribution in [0.5, 0.6) is 0 Å². The first-order valence-electron chi connectivity index (χ1n) is 6.01. The van der Waals surface area contributed by atoms with Gasteiger partial charge in [-0.05, 0) is 49.3 Å². The van der Waals surface area contributed by atoms with Crippen molar-refractivity contribution in [2.45, 2.75) is 23.8 Å². The van der Waals surface area contributed by atoms with E-state index in [4.69, 9.17) is 10.3 Å². The molecule has 0 saturated heterocycles. The van der Waals surface area contributed by atoms with Gasteiger partial charge in [-0.1, -0.05) is 5.16 Å². The third kappa shape index (κ3) is 2.28. The van der Waals surface area contributed by atoms with Crippen molar-refractivity contribution in [3.8, 4) is 11.5 Å². The van der Waals surface area contributed by atoms with Crippen LogP contribution in [0.4, 0.5) is 0 Å². The van der Waals surface area contributed by atoms with Crippen LogP contribution < -0.4 is 5.73 Å². The quantitative estimate of drug-likeness (QED) is 0.857. The molecule has 1 aliphatic carbocycles. The first-order valence-corrected chi connectivity index (χ1v) is 7.24. The topological polar surface area (TPSA) is 64.9 Å². The Morgan fingerprint density at radius 1 is 1.33 bits per heavy atom. The van der Waals surface area contributed by atoms with Crippen LogP contribution in [0.15, 0.2) is 33.7 Å². The summed E-state index contributed by atoms with van der Waals surface area (Å²) >= 11 is 1.71. The maximum absolute atomic E-state index is 6.05. The van der Waals surface area contributed by atoms with Crippen molar-refractivity contribution in [1.82, 2.24) is 10.1 Å². The highest BCUT2D eigenvalue weighted by molar-refractivity contribution is 7.98. The molecule has 1 heterocycles. The standard InChI is InChI=1S/C13H15N3OS/c1-18-10-6-4-9(5-7-10)13-15-12(16-17-13)11(14)8-2-3-8/h4-8,11H,2-3,14H2,1H3. The van der Waals surface area contributed by atoms with Crippen LogP contribution in [0.3, 0.4) is 0 Å². The van der Waals surface area contributed by atoms with Crippen LogP contribution in [0, 0.1) is 5.92 Å². The van der Waals surface area contributed by atoms with E-state index in [1.807, 2.05) is 24.3 Å². The Hall–Kier alpha value is -1.33. The van der Waals surface area contributed by atoms with E-state index in [1.54, 1.807) is 11.8 Å². The fourth-order valence-electron chi connectivity index (χ4n) is 1.89. The number of rotatable bonds is 4. The largest absolute Gasteiger partial charge is 0.334 e. The summed E-state index contributed by atoms with van der Waals surface area (Å²) in [5, 5.41) is 3.98. The summed E-state index contributed by atoms with van der Waals surface area (Å²) in [6, 6.07) is 8.00. The van der Waals surface area contributed by atoms with Crippen molar-refractivity contribution < 1.29 is 4.52 Å². The predicted molar refractivity (Wildman–Crippen MR) is 71.2 cm³/mol. The van der Waals surface area contributed by atoms with E-state index in [0.29, 0.717) is 17.6 Å². The maximum atomic E-state index is 6.05. The molecule has 0 amide bonds. The molecule has 1 aromatic carbocycles. The van der Waals surface area contributed by atoms with E-state index in [0.717, 1.165) is 5.56 Å². The molecule has 0 aliphatic heterocycles. The molecule has 3 rings (SSSR count). The molecule has 0 bridgehead atoms. The molecule has 2 aromatic rings. The Balaban J connectivity index is 1.82. The molecule has 1 atom stereocenters. The second kappa shape index (κ2) is 4.74. The molecule has 5 heteroatoms. The van der Waals surface area contributed by atoms with Gasteiger partial charge < -0.3 is 10.3 Å².